The van der Waals surface area contributed by atoms with Gasteiger partial charge in [-0.3, -0.25) is 9.59 Å². The second-order valence-corrected chi connectivity index (χ2v) is 5.45. The molecule has 1 N–H and O–H groups in total. The number of aryl methyl sites for hydroxylation is 1. The van der Waals surface area contributed by atoms with Crippen LogP contribution in [0.3, 0.4) is 0 Å². The normalized spacial score (nSPS) is 10.8. The van der Waals surface area contributed by atoms with Crippen molar-refractivity contribution >= 4 is 11.9 Å². The van der Waals surface area contributed by atoms with E-state index in [4.69, 9.17) is 9.47 Å². The number of carbonyl (C=O) groups excluding carboxylic acids is 2. The molecule has 20 heavy (non-hydrogen) atoms. The molecule has 1 aromatic rings. The number of hydrogen-bond donors (Lipinski definition) is 1. The van der Waals surface area contributed by atoms with Crippen LogP contribution in [0, 0.1) is 6.92 Å². The Morgan fingerprint density at radius 3 is 2.45 bits per heavy atom. The summed E-state index contributed by atoms with van der Waals surface area (Å²) in [6.07, 6.45) is 0. The SMILES string of the molecule is COc1cc(C(=O)NCC(=O)OC(C)(C)C)ccc1C. The largest absolute Gasteiger partial charge is 0.496 e. The average molecular weight is 279 g/mol. The van der Waals surface area contributed by atoms with Gasteiger partial charge < -0.3 is 14.8 Å². The highest BCUT2D eigenvalue weighted by molar-refractivity contribution is 5.96. The third kappa shape index (κ3) is 4.91. The molecule has 1 amide bonds. The van der Waals surface area contributed by atoms with Gasteiger partial charge in [-0.2, -0.15) is 0 Å². The van der Waals surface area contributed by atoms with Crippen molar-refractivity contribution in [2.75, 3.05) is 13.7 Å². The van der Waals surface area contributed by atoms with Gasteiger partial charge in [0, 0.05) is 5.56 Å². The average Bonchev–Trinajstić information content (AvgIpc) is 2.34. The second-order valence-electron chi connectivity index (χ2n) is 5.45. The first-order valence-electron chi connectivity index (χ1n) is 6.37. The number of benzene rings is 1. The molecule has 0 heterocycles. The number of ether oxygens (including phenoxy) is 2. The van der Waals surface area contributed by atoms with Gasteiger partial charge in [-0.1, -0.05) is 6.07 Å². The van der Waals surface area contributed by atoms with E-state index >= 15 is 0 Å². The summed E-state index contributed by atoms with van der Waals surface area (Å²) in [4.78, 5) is 23.4. The number of rotatable bonds is 4. The fourth-order valence-corrected chi connectivity index (χ4v) is 1.59. The fourth-order valence-electron chi connectivity index (χ4n) is 1.59. The topological polar surface area (TPSA) is 64.6 Å². The summed E-state index contributed by atoms with van der Waals surface area (Å²) in [7, 11) is 1.55. The van der Waals surface area contributed by atoms with Crippen molar-refractivity contribution < 1.29 is 19.1 Å². The molecule has 0 aliphatic carbocycles. The monoisotopic (exact) mass is 279 g/mol. The molecule has 0 aromatic heterocycles. The molecule has 0 spiro atoms. The lowest BCUT2D eigenvalue weighted by atomic mass is 10.1. The summed E-state index contributed by atoms with van der Waals surface area (Å²) < 4.78 is 10.3. The van der Waals surface area contributed by atoms with E-state index in [2.05, 4.69) is 5.32 Å². The molecule has 0 atom stereocenters. The Morgan fingerprint density at radius 1 is 1.25 bits per heavy atom. The Bertz CT molecular complexity index is 503. The van der Waals surface area contributed by atoms with E-state index < -0.39 is 11.6 Å². The van der Waals surface area contributed by atoms with E-state index in [9.17, 15) is 9.59 Å². The maximum absolute atomic E-state index is 11.9. The molecule has 110 valence electrons. The first kappa shape index (κ1) is 16.0. The van der Waals surface area contributed by atoms with Crippen LogP contribution in [-0.4, -0.2) is 31.1 Å². The number of carbonyl (C=O) groups is 2. The van der Waals surface area contributed by atoms with Crippen LogP contribution in [0.2, 0.25) is 0 Å². The third-order valence-corrected chi connectivity index (χ3v) is 2.48. The van der Waals surface area contributed by atoms with Crippen LogP contribution in [-0.2, 0) is 9.53 Å². The smallest absolute Gasteiger partial charge is 0.325 e. The van der Waals surface area contributed by atoms with Crippen LogP contribution >= 0.6 is 0 Å². The molecule has 1 aromatic carbocycles. The molecular weight excluding hydrogens is 258 g/mol. The molecule has 0 bridgehead atoms. The summed E-state index contributed by atoms with van der Waals surface area (Å²) in [5.74, 6) is -0.172. The van der Waals surface area contributed by atoms with Gasteiger partial charge in [0.25, 0.3) is 5.91 Å². The zero-order valence-corrected chi connectivity index (χ0v) is 12.6. The van der Waals surface area contributed by atoms with Crippen LogP contribution in [0.1, 0.15) is 36.7 Å². The Morgan fingerprint density at radius 2 is 1.90 bits per heavy atom. The zero-order chi connectivity index (χ0) is 15.3. The highest BCUT2D eigenvalue weighted by Crippen LogP contribution is 2.18. The van der Waals surface area contributed by atoms with Crippen molar-refractivity contribution in [3.8, 4) is 5.75 Å². The standard InChI is InChI=1S/C15H21NO4/c1-10-6-7-11(8-12(10)19-5)14(18)16-9-13(17)20-15(2,3)4/h6-8H,9H2,1-5H3,(H,16,18). The van der Waals surface area contributed by atoms with E-state index in [1.54, 1.807) is 46.1 Å². The lowest BCUT2D eigenvalue weighted by Crippen LogP contribution is -2.34. The van der Waals surface area contributed by atoms with Gasteiger partial charge in [-0.15, -0.1) is 0 Å². The highest BCUT2D eigenvalue weighted by Gasteiger charge is 2.17. The van der Waals surface area contributed by atoms with Crippen LogP contribution < -0.4 is 10.1 Å². The van der Waals surface area contributed by atoms with Gasteiger partial charge in [0.2, 0.25) is 0 Å². The van der Waals surface area contributed by atoms with Crippen LogP contribution in [0.15, 0.2) is 18.2 Å². The first-order valence-corrected chi connectivity index (χ1v) is 6.37. The molecular formula is C15H21NO4. The lowest BCUT2D eigenvalue weighted by Gasteiger charge is -2.19. The summed E-state index contributed by atoms with van der Waals surface area (Å²) >= 11 is 0. The van der Waals surface area contributed by atoms with Crippen LogP contribution in [0.4, 0.5) is 0 Å². The Balaban J connectivity index is 2.61. The van der Waals surface area contributed by atoms with Gasteiger partial charge in [0.1, 0.15) is 17.9 Å². The van der Waals surface area contributed by atoms with E-state index in [1.165, 1.54) is 0 Å². The summed E-state index contributed by atoms with van der Waals surface area (Å²) in [5, 5.41) is 2.52. The molecule has 0 unspecified atom stereocenters. The van der Waals surface area contributed by atoms with E-state index in [0.717, 1.165) is 5.56 Å². The van der Waals surface area contributed by atoms with Gasteiger partial charge in [-0.25, -0.2) is 0 Å². The molecule has 5 heteroatoms. The Hall–Kier alpha value is -2.04. The number of nitrogens with one attached hydrogen (secondary N) is 1. The van der Waals surface area contributed by atoms with Crippen molar-refractivity contribution in [2.24, 2.45) is 0 Å². The number of esters is 1. The minimum Gasteiger partial charge on any atom is -0.496 e. The molecule has 1 rings (SSSR count). The molecule has 0 aliphatic rings. The predicted octanol–water partition coefficient (Wildman–Crippen LogP) is 2.08. The van der Waals surface area contributed by atoms with Crippen LogP contribution in [0.5, 0.6) is 5.75 Å². The molecule has 0 saturated carbocycles. The van der Waals surface area contributed by atoms with Gasteiger partial charge in [0.15, 0.2) is 0 Å². The van der Waals surface area contributed by atoms with Crippen molar-refractivity contribution in [1.82, 2.24) is 5.32 Å². The van der Waals surface area contributed by atoms with E-state index in [0.29, 0.717) is 11.3 Å². The molecule has 5 nitrogen and oxygen atoms in total. The third-order valence-electron chi connectivity index (χ3n) is 2.48. The molecule has 0 saturated heterocycles. The zero-order valence-electron chi connectivity index (χ0n) is 12.6. The quantitative estimate of drug-likeness (QED) is 0.857. The summed E-state index contributed by atoms with van der Waals surface area (Å²) in [6, 6.07) is 5.11. The van der Waals surface area contributed by atoms with Crippen molar-refractivity contribution in [3.05, 3.63) is 29.3 Å². The highest BCUT2D eigenvalue weighted by atomic mass is 16.6. The summed E-state index contributed by atoms with van der Waals surface area (Å²) in [6.45, 7) is 7.06. The van der Waals surface area contributed by atoms with Crippen molar-refractivity contribution in [2.45, 2.75) is 33.3 Å². The van der Waals surface area contributed by atoms with Crippen LogP contribution in [0.25, 0.3) is 0 Å². The first-order chi connectivity index (χ1) is 9.23. The second kappa shape index (κ2) is 6.41. The predicted molar refractivity (Wildman–Crippen MR) is 75.9 cm³/mol. The van der Waals surface area contributed by atoms with Crippen molar-refractivity contribution in [1.29, 1.82) is 0 Å². The minimum atomic E-state index is -0.561. The lowest BCUT2D eigenvalue weighted by molar-refractivity contribution is -0.153. The number of methoxy groups -OCH3 is 1. The number of hydrogen-bond acceptors (Lipinski definition) is 4. The van der Waals surface area contributed by atoms with Crippen molar-refractivity contribution in [3.63, 3.8) is 0 Å². The maximum Gasteiger partial charge on any atom is 0.325 e. The maximum atomic E-state index is 11.9. The number of amides is 1. The van der Waals surface area contributed by atoms with Gasteiger partial charge >= 0.3 is 5.97 Å². The summed E-state index contributed by atoms with van der Waals surface area (Å²) in [5.41, 5.74) is 0.821. The molecule has 0 aliphatic heterocycles. The Kier molecular flexibility index (Phi) is 5.13. The van der Waals surface area contributed by atoms with E-state index in [-0.39, 0.29) is 12.5 Å². The van der Waals surface area contributed by atoms with Gasteiger partial charge in [0.05, 0.1) is 7.11 Å². The molecule has 0 fully saturated rings. The van der Waals surface area contributed by atoms with Gasteiger partial charge in [-0.05, 0) is 45.4 Å². The fraction of sp³-hybridized carbons (Fsp3) is 0.467. The van der Waals surface area contributed by atoms with E-state index in [1.807, 2.05) is 6.92 Å². The Labute approximate surface area is 119 Å². The minimum absolute atomic E-state index is 0.160. The molecule has 0 radical (unpaired) electrons.